The Bertz CT molecular complexity index is 687. The van der Waals surface area contributed by atoms with Crippen LogP contribution in [0.3, 0.4) is 0 Å². The molecular weight excluding hydrogens is 388 g/mol. The molecule has 0 aliphatic carbocycles. The van der Waals surface area contributed by atoms with E-state index in [-0.39, 0.29) is 24.0 Å². The quantitative estimate of drug-likeness (QED) is 0.538. The lowest BCUT2D eigenvalue weighted by atomic mass is 9.75. The molecule has 0 aromatic rings. The zero-order valence-electron chi connectivity index (χ0n) is 18.8. The van der Waals surface area contributed by atoms with Crippen LogP contribution < -0.4 is 0 Å². The summed E-state index contributed by atoms with van der Waals surface area (Å²) in [5, 5.41) is 11.1. The highest BCUT2D eigenvalue weighted by atomic mass is 16.6. The predicted octanol–water partition coefficient (Wildman–Crippen LogP) is 2.93. The summed E-state index contributed by atoms with van der Waals surface area (Å²) in [6, 6.07) is 0. The molecule has 0 saturated carbocycles. The fourth-order valence-corrected chi connectivity index (χ4v) is 5.22. The van der Waals surface area contributed by atoms with Crippen molar-refractivity contribution >= 4 is 11.9 Å². The summed E-state index contributed by atoms with van der Waals surface area (Å²) in [5.74, 6) is -1.26. The van der Waals surface area contributed by atoms with Gasteiger partial charge in [0.15, 0.2) is 0 Å². The summed E-state index contributed by atoms with van der Waals surface area (Å²) in [5.41, 5.74) is -1.16. The lowest BCUT2D eigenvalue weighted by Gasteiger charge is -2.48. The van der Waals surface area contributed by atoms with Crippen molar-refractivity contribution in [2.24, 2.45) is 11.8 Å². The molecule has 3 aliphatic rings. The molecule has 3 rings (SSSR count). The Balaban J connectivity index is 2.00. The van der Waals surface area contributed by atoms with Gasteiger partial charge in [0.25, 0.3) is 0 Å². The highest BCUT2D eigenvalue weighted by molar-refractivity contribution is 5.91. The van der Waals surface area contributed by atoms with Gasteiger partial charge in [0, 0.05) is 25.5 Å². The van der Waals surface area contributed by atoms with E-state index in [1.54, 1.807) is 7.11 Å². The minimum absolute atomic E-state index is 0.0371. The van der Waals surface area contributed by atoms with Gasteiger partial charge in [-0.05, 0) is 51.9 Å². The maximum absolute atomic E-state index is 12.4. The third-order valence-corrected chi connectivity index (χ3v) is 7.42. The van der Waals surface area contributed by atoms with Gasteiger partial charge in [-0.15, -0.1) is 0 Å². The van der Waals surface area contributed by atoms with Crippen LogP contribution in [0, 0.1) is 11.8 Å². The van der Waals surface area contributed by atoms with Crippen molar-refractivity contribution in [2.45, 2.75) is 102 Å². The number of hydrogen-bond donors (Lipinski definition) is 1. The van der Waals surface area contributed by atoms with Gasteiger partial charge in [-0.1, -0.05) is 19.9 Å². The molecule has 2 bridgehead atoms. The SMILES string of the molecule is C=C1C(=O)OC2C1CC1OC(CCC1(C)OC)C(C)(O)CCCC(C)C2OC(C)=O. The summed E-state index contributed by atoms with van der Waals surface area (Å²) in [4.78, 5) is 24.3. The van der Waals surface area contributed by atoms with E-state index in [0.717, 1.165) is 19.3 Å². The Morgan fingerprint density at radius 1 is 1.23 bits per heavy atom. The molecule has 3 fully saturated rings. The summed E-state index contributed by atoms with van der Waals surface area (Å²) in [6.45, 7) is 11.2. The number of ether oxygens (including phenoxy) is 4. The van der Waals surface area contributed by atoms with E-state index in [1.807, 2.05) is 20.8 Å². The van der Waals surface area contributed by atoms with Crippen molar-refractivity contribution in [3.8, 4) is 0 Å². The van der Waals surface area contributed by atoms with Crippen LogP contribution >= 0.6 is 0 Å². The van der Waals surface area contributed by atoms with Crippen LogP contribution in [0.15, 0.2) is 12.2 Å². The van der Waals surface area contributed by atoms with E-state index >= 15 is 0 Å². The second kappa shape index (κ2) is 8.60. The monoisotopic (exact) mass is 424 g/mol. The third-order valence-electron chi connectivity index (χ3n) is 7.42. The molecule has 8 unspecified atom stereocenters. The molecule has 7 nitrogen and oxygen atoms in total. The molecule has 0 aromatic carbocycles. The Morgan fingerprint density at radius 3 is 2.57 bits per heavy atom. The summed E-state index contributed by atoms with van der Waals surface area (Å²) in [6.07, 6.45) is 2.07. The Hall–Kier alpha value is -1.44. The molecule has 0 amide bonds. The van der Waals surface area contributed by atoms with Crippen molar-refractivity contribution in [3.63, 3.8) is 0 Å². The molecule has 170 valence electrons. The van der Waals surface area contributed by atoms with Crippen LogP contribution in [-0.4, -0.2) is 59.8 Å². The standard InChI is InChI=1S/C23H36O7/c1-13-8-7-10-22(4,26)17-9-11-23(5,27-6)18(29-17)12-16-14(2)21(25)30-20(16)19(13)28-15(3)24/h13,16-20,26H,2,7-12H2,1,3-6H3. The van der Waals surface area contributed by atoms with Gasteiger partial charge in [-0.2, -0.15) is 0 Å². The molecule has 3 heterocycles. The molecule has 30 heavy (non-hydrogen) atoms. The zero-order chi connectivity index (χ0) is 22.3. The van der Waals surface area contributed by atoms with E-state index in [4.69, 9.17) is 18.9 Å². The fraction of sp³-hybridized carbons (Fsp3) is 0.826. The number of carbonyl (C=O) groups is 2. The van der Waals surface area contributed by atoms with E-state index in [2.05, 4.69) is 6.58 Å². The molecule has 1 N–H and O–H groups in total. The first-order valence-corrected chi connectivity index (χ1v) is 11.0. The lowest BCUT2D eigenvalue weighted by molar-refractivity contribution is -0.229. The number of aliphatic hydroxyl groups is 1. The first-order chi connectivity index (χ1) is 14.0. The van der Waals surface area contributed by atoms with Crippen molar-refractivity contribution in [2.75, 3.05) is 7.11 Å². The summed E-state index contributed by atoms with van der Waals surface area (Å²) in [7, 11) is 1.66. The lowest BCUT2D eigenvalue weighted by Crippen LogP contribution is -2.56. The molecule has 0 aromatic heterocycles. The molecule has 7 heteroatoms. The molecule has 0 spiro atoms. The maximum atomic E-state index is 12.4. The predicted molar refractivity (Wildman–Crippen MR) is 110 cm³/mol. The van der Waals surface area contributed by atoms with E-state index < -0.39 is 35.3 Å². The minimum atomic E-state index is -0.971. The zero-order valence-corrected chi connectivity index (χ0v) is 18.8. The first kappa shape index (κ1) is 23.2. The van der Waals surface area contributed by atoms with E-state index in [0.29, 0.717) is 24.8 Å². The number of rotatable bonds is 2. The molecule has 0 radical (unpaired) electrons. The van der Waals surface area contributed by atoms with Crippen LogP contribution in [0.2, 0.25) is 0 Å². The van der Waals surface area contributed by atoms with Gasteiger partial charge in [0.2, 0.25) is 0 Å². The highest BCUT2D eigenvalue weighted by Crippen LogP contribution is 2.44. The average Bonchev–Trinajstić information content (AvgIpc) is 2.94. The van der Waals surface area contributed by atoms with Gasteiger partial charge in [-0.3, -0.25) is 4.79 Å². The van der Waals surface area contributed by atoms with Crippen LogP contribution in [0.1, 0.15) is 66.2 Å². The normalized spacial score (nSPS) is 45.0. The largest absolute Gasteiger partial charge is 0.458 e. The Morgan fingerprint density at radius 2 is 1.93 bits per heavy atom. The number of methoxy groups -OCH3 is 1. The second-order valence-electron chi connectivity index (χ2n) is 9.71. The molecular formula is C23H36O7. The number of hydrogen-bond acceptors (Lipinski definition) is 7. The number of fused-ring (bicyclic) bond motifs is 3. The van der Waals surface area contributed by atoms with Crippen LogP contribution in [0.25, 0.3) is 0 Å². The smallest absolute Gasteiger partial charge is 0.334 e. The topological polar surface area (TPSA) is 91.3 Å². The van der Waals surface area contributed by atoms with Gasteiger partial charge < -0.3 is 24.1 Å². The first-order valence-electron chi connectivity index (χ1n) is 11.0. The van der Waals surface area contributed by atoms with Crippen LogP contribution in [0.5, 0.6) is 0 Å². The fourth-order valence-electron chi connectivity index (χ4n) is 5.22. The van der Waals surface area contributed by atoms with E-state index in [1.165, 1.54) is 6.92 Å². The Kier molecular flexibility index (Phi) is 6.65. The van der Waals surface area contributed by atoms with Crippen molar-refractivity contribution in [1.82, 2.24) is 0 Å². The number of carbonyl (C=O) groups excluding carboxylic acids is 2. The summed E-state index contributed by atoms with van der Waals surface area (Å²) >= 11 is 0. The average molecular weight is 425 g/mol. The van der Waals surface area contributed by atoms with Crippen molar-refractivity contribution in [3.05, 3.63) is 12.2 Å². The highest BCUT2D eigenvalue weighted by Gasteiger charge is 2.52. The summed E-state index contributed by atoms with van der Waals surface area (Å²) < 4.78 is 23.6. The maximum Gasteiger partial charge on any atom is 0.334 e. The Labute approximate surface area is 179 Å². The van der Waals surface area contributed by atoms with Crippen LogP contribution in [-0.2, 0) is 28.5 Å². The van der Waals surface area contributed by atoms with Gasteiger partial charge in [0.1, 0.15) is 12.2 Å². The molecule has 8 atom stereocenters. The number of esters is 2. The van der Waals surface area contributed by atoms with Gasteiger partial charge in [-0.25, -0.2) is 4.79 Å². The van der Waals surface area contributed by atoms with Crippen LogP contribution in [0.4, 0.5) is 0 Å². The van der Waals surface area contributed by atoms with Crippen molar-refractivity contribution in [1.29, 1.82) is 0 Å². The minimum Gasteiger partial charge on any atom is -0.458 e. The van der Waals surface area contributed by atoms with Gasteiger partial charge in [0.05, 0.1) is 23.4 Å². The van der Waals surface area contributed by atoms with Gasteiger partial charge >= 0.3 is 11.9 Å². The van der Waals surface area contributed by atoms with E-state index in [9.17, 15) is 14.7 Å². The second-order valence-corrected chi connectivity index (χ2v) is 9.71. The molecule has 3 saturated heterocycles. The third kappa shape index (κ3) is 4.43. The van der Waals surface area contributed by atoms with Crippen molar-refractivity contribution < 1.29 is 33.6 Å². The molecule has 3 aliphatic heterocycles.